The molecule has 1 amide bonds. The van der Waals surface area contributed by atoms with Crippen LogP contribution in [-0.2, 0) is 0 Å². The van der Waals surface area contributed by atoms with E-state index in [4.69, 9.17) is 0 Å². The number of nitrogens with zero attached hydrogens (tertiary/aromatic N) is 3. The summed E-state index contributed by atoms with van der Waals surface area (Å²) in [6.45, 7) is 2.66. The summed E-state index contributed by atoms with van der Waals surface area (Å²) in [5.74, 6) is 0.318. The van der Waals surface area contributed by atoms with Crippen molar-refractivity contribution in [1.82, 2.24) is 9.88 Å². The van der Waals surface area contributed by atoms with E-state index in [9.17, 15) is 9.90 Å². The average molecular weight is 333 g/mol. The van der Waals surface area contributed by atoms with E-state index in [2.05, 4.69) is 9.88 Å². The van der Waals surface area contributed by atoms with E-state index in [0.29, 0.717) is 31.7 Å². The Morgan fingerprint density at radius 1 is 0.920 bits per heavy atom. The smallest absolute Gasteiger partial charge is 0.254 e. The number of aromatic hydroxyl groups is 1. The lowest BCUT2D eigenvalue weighted by Gasteiger charge is -2.36. The van der Waals surface area contributed by atoms with Gasteiger partial charge in [0.1, 0.15) is 5.75 Å². The normalized spacial score (nSPS) is 14.7. The van der Waals surface area contributed by atoms with E-state index in [1.165, 1.54) is 0 Å². The number of fused-ring (bicyclic) bond motifs is 1. The number of phenolic OH excluding ortho intramolecular Hbond substituents is 1. The molecule has 25 heavy (non-hydrogen) atoms. The number of carbonyl (C=O) groups is 1. The van der Waals surface area contributed by atoms with E-state index < -0.39 is 0 Å². The SMILES string of the molecule is O=C(c1ccnc2ccccc12)N1CCN(c2ccccc2O)CC1. The molecule has 0 atom stereocenters. The first-order valence-electron chi connectivity index (χ1n) is 8.40. The molecule has 1 aromatic heterocycles. The summed E-state index contributed by atoms with van der Waals surface area (Å²) in [7, 11) is 0. The Bertz CT molecular complexity index is 912. The van der Waals surface area contributed by atoms with Crippen molar-refractivity contribution in [2.45, 2.75) is 0 Å². The molecule has 5 nitrogen and oxygen atoms in total. The van der Waals surface area contributed by atoms with Gasteiger partial charge < -0.3 is 14.9 Å². The number of aromatic nitrogens is 1. The molecule has 2 heterocycles. The van der Waals surface area contributed by atoms with Crippen LogP contribution in [0.15, 0.2) is 60.8 Å². The third-order valence-electron chi connectivity index (χ3n) is 4.67. The van der Waals surface area contributed by atoms with Crippen LogP contribution in [0.5, 0.6) is 5.75 Å². The standard InChI is InChI=1S/C20H19N3O2/c24-19-8-4-3-7-18(19)22-11-13-23(14-12-22)20(25)16-9-10-21-17-6-2-1-5-15(16)17/h1-10,24H,11-14H2. The fraction of sp³-hybridized carbons (Fsp3) is 0.200. The predicted octanol–water partition coefficient (Wildman–Crippen LogP) is 2.90. The van der Waals surface area contributed by atoms with Gasteiger partial charge in [0.05, 0.1) is 16.8 Å². The number of carbonyl (C=O) groups excluding carboxylic acids is 1. The summed E-state index contributed by atoms with van der Waals surface area (Å²) in [5, 5.41) is 10.9. The lowest BCUT2D eigenvalue weighted by atomic mass is 10.1. The maximum Gasteiger partial charge on any atom is 0.254 e. The number of amides is 1. The molecule has 1 fully saturated rings. The average Bonchev–Trinajstić information content (AvgIpc) is 2.67. The first-order chi connectivity index (χ1) is 12.2. The summed E-state index contributed by atoms with van der Waals surface area (Å²) in [5.41, 5.74) is 2.35. The molecule has 0 spiro atoms. The zero-order chi connectivity index (χ0) is 17.2. The molecule has 5 heteroatoms. The quantitative estimate of drug-likeness (QED) is 0.783. The number of piperazine rings is 1. The van der Waals surface area contributed by atoms with Crippen LogP contribution in [0.4, 0.5) is 5.69 Å². The van der Waals surface area contributed by atoms with Crippen molar-refractivity contribution in [2.24, 2.45) is 0 Å². The molecule has 0 bridgehead atoms. The predicted molar refractivity (Wildman–Crippen MR) is 98.0 cm³/mol. The minimum atomic E-state index is 0.0375. The van der Waals surface area contributed by atoms with Gasteiger partial charge in [-0.25, -0.2) is 0 Å². The molecule has 1 saturated heterocycles. The second kappa shape index (κ2) is 6.43. The van der Waals surface area contributed by atoms with Crippen LogP contribution in [0.3, 0.4) is 0 Å². The van der Waals surface area contributed by atoms with Gasteiger partial charge in [-0.3, -0.25) is 9.78 Å². The van der Waals surface area contributed by atoms with E-state index in [1.807, 2.05) is 47.4 Å². The molecule has 0 saturated carbocycles. The minimum absolute atomic E-state index is 0.0375. The van der Waals surface area contributed by atoms with Gasteiger partial charge in [0.15, 0.2) is 0 Å². The topological polar surface area (TPSA) is 56.7 Å². The zero-order valence-corrected chi connectivity index (χ0v) is 13.8. The molecule has 1 aliphatic rings. The number of rotatable bonds is 2. The van der Waals surface area contributed by atoms with Crippen molar-refractivity contribution in [2.75, 3.05) is 31.1 Å². The Labute approximate surface area is 146 Å². The summed E-state index contributed by atoms with van der Waals surface area (Å²) < 4.78 is 0. The van der Waals surface area contributed by atoms with Gasteiger partial charge in [-0.05, 0) is 24.3 Å². The lowest BCUT2D eigenvalue weighted by molar-refractivity contribution is 0.0748. The van der Waals surface area contributed by atoms with Crippen LogP contribution in [0, 0.1) is 0 Å². The lowest BCUT2D eigenvalue weighted by Crippen LogP contribution is -2.48. The zero-order valence-electron chi connectivity index (χ0n) is 13.8. The van der Waals surface area contributed by atoms with Crippen molar-refractivity contribution >= 4 is 22.5 Å². The molecule has 0 radical (unpaired) electrons. The number of hydrogen-bond acceptors (Lipinski definition) is 4. The summed E-state index contributed by atoms with van der Waals surface area (Å²) in [6.07, 6.45) is 1.69. The summed E-state index contributed by atoms with van der Waals surface area (Å²) in [6, 6.07) is 16.8. The van der Waals surface area contributed by atoms with E-state index >= 15 is 0 Å². The maximum absolute atomic E-state index is 13.0. The Morgan fingerprint density at radius 3 is 2.44 bits per heavy atom. The molecule has 3 aromatic rings. The van der Waals surface area contributed by atoms with E-state index in [1.54, 1.807) is 18.3 Å². The summed E-state index contributed by atoms with van der Waals surface area (Å²) >= 11 is 0. The van der Waals surface area contributed by atoms with E-state index in [-0.39, 0.29) is 11.7 Å². The molecule has 0 aliphatic carbocycles. The highest BCUT2D eigenvalue weighted by Crippen LogP contribution is 2.27. The minimum Gasteiger partial charge on any atom is -0.506 e. The van der Waals surface area contributed by atoms with Crippen LogP contribution in [0.25, 0.3) is 10.9 Å². The van der Waals surface area contributed by atoms with Crippen LogP contribution >= 0.6 is 0 Å². The Kier molecular flexibility index (Phi) is 3.98. The van der Waals surface area contributed by atoms with Gasteiger partial charge in [-0.1, -0.05) is 30.3 Å². The number of pyridine rings is 1. The molecule has 0 unspecified atom stereocenters. The molecule has 2 aromatic carbocycles. The highest BCUT2D eigenvalue weighted by Gasteiger charge is 2.24. The van der Waals surface area contributed by atoms with Gasteiger partial charge in [0, 0.05) is 37.8 Å². The van der Waals surface area contributed by atoms with Crippen LogP contribution in [-0.4, -0.2) is 47.1 Å². The van der Waals surface area contributed by atoms with Gasteiger partial charge in [-0.15, -0.1) is 0 Å². The summed E-state index contributed by atoms with van der Waals surface area (Å²) in [4.78, 5) is 21.3. The molecule has 4 rings (SSSR count). The van der Waals surface area contributed by atoms with Crippen LogP contribution in [0.2, 0.25) is 0 Å². The second-order valence-corrected chi connectivity index (χ2v) is 6.14. The maximum atomic E-state index is 13.0. The van der Waals surface area contributed by atoms with E-state index in [0.717, 1.165) is 16.6 Å². The molecule has 126 valence electrons. The van der Waals surface area contributed by atoms with Crippen molar-refractivity contribution < 1.29 is 9.90 Å². The number of benzene rings is 2. The highest BCUT2D eigenvalue weighted by atomic mass is 16.3. The highest BCUT2D eigenvalue weighted by molar-refractivity contribution is 6.06. The number of anilines is 1. The Hall–Kier alpha value is -3.08. The van der Waals surface area contributed by atoms with Gasteiger partial charge in [0.25, 0.3) is 5.91 Å². The molecular formula is C20H19N3O2. The Balaban J connectivity index is 1.52. The van der Waals surface area contributed by atoms with Crippen LogP contribution < -0.4 is 4.90 Å². The van der Waals surface area contributed by atoms with Crippen molar-refractivity contribution in [3.63, 3.8) is 0 Å². The first kappa shape index (κ1) is 15.4. The van der Waals surface area contributed by atoms with Gasteiger partial charge >= 0.3 is 0 Å². The van der Waals surface area contributed by atoms with Crippen molar-refractivity contribution in [3.05, 3.63) is 66.4 Å². The fourth-order valence-electron chi connectivity index (χ4n) is 3.33. The fourth-order valence-corrected chi connectivity index (χ4v) is 3.33. The first-order valence-corrected chi connectivity index (χ1v) is 8.40. The monoisotopic (exact) mass is 333 g/mol. The second-order valence-electron chi connectivity index (χ2n) is 6.14. The number of phenols is 1. The van der Waals surface area contributed by atoms with Gasteiger partial charge in [0.2, 0.25) is 0 Å². The van der Waals surface area contributed by atoms with Gasteiger partial charge in [-0.2, -0.15) is 0 Å². The van der Waals surface area contributed by atoms with Crippen LogP contribution in [0.1, 0.15) is 10.4 Å². The number of para-hydroxylation sites is 3. The molecular weight excluding hydrogens is 314 g/mol. The van der Waals surface area contributed by atoms with Crippen molar-refractivity contribution in [3.8, 4) is 5.75 Å². The largest absolute Gasteiger partial charge is 0.506 e. The molecule has 1 N–H and O–H groups in total. The molecule has 1 aliphatic heterocycles. The third kappa shape index (κ3) is 2.89. The third-order valence-corrected chi connectivity index (χ3v) is 4.67. The van der Waals surface area contributed by atoms with Crippen molar-refractivity contribution in [1.29, 1.82) is 0 Å². The number of hydrogen-bond donors (Lipinski definition) is 1. The Morgan fingerprint density at radius 2 is 1.64 bits per heavy atom.